The molecule has 4 heteroatoms. The smallest absolute Gasteiger partial charge is 0.0849 e. The highest BCUT2D eigenvalue weighted by Crippen LogP contribution is 2.12. The van der Waals surface area contributed by atoms with E-state index < -0.39 is 0 Å². The van der Waals surface area contributed by atoms with Crippen LogP contribution in [0, 0.1) is 0 Å². The van der Waals surface area contributed by atoms with E-state index in [1.807, 2.05) is 0 Å². The first-order chi connectivity index (χ1) is 10.3. The maximum absolute atomic E-state index is 5.09. The van der Waals surface area contributed by atoms with Crippen LogP contribution in [-0.2, 0) is 22.7 Å². The molecule has 0 bridgehead atoms. The van der Waals surface area contributed by atoms with Gasteiger partial charge in [0.05, 0.1) is 19.9 Å². The van der Waals surface area contributed by atoms with Gasteiger partial charge in [-0.15, -0.1) is 0 Å². The zero-order chi connectivity index (χ0) is 14.9. The summed E-state index contributed by atoms with van der Waals surface area (Å²) in [6.45, 7) is 1.96. The van der Waals surface area contributed by atoms with Gasteiger partial charge in [0.15, 0.2) is 0 Å². The summed E-state index contributed by atoms with van der Waals surface area (Å²) in [5.74, 6) is 0. The lowest BCUT2D eigenvalue weighted by molar-refractivity contribution is 0.185. The molecule has 2 rings (SSSR count). The van der Waals surface area contributed by atoms with Gasteiger partial charge in [-0.05, 0) is 35.4 Å². The Hall–Kier alpha value is -2.04. The molecule has 2 aromatic rings. The number of ether oxygens (including phenoxy) is 2. The van der Waals surface area contributed by atoms with E-state index in [2.05, 4.69) is 59.2 Å². The largest absolute Gasteiger partial charge is 0.380 e. The average molecular weight is 286 g/mol. The summed E-state index contributed by atoms with van der Waals surface area (Å²) in [6, 6.07) is 16.5. The van der Waals surface area contributed by atoms with Crippen molar-refractivity contribution >= 4 is 11.4 Å². The van der Waals surface area contributed by atoms with Crippen molar-refractivity contribution in [3.8, 4) is 0 Å². The number of anilines is 2. The highest BCUT2D eigenvalue weighted by molar-refractivity contribution is 5.48. The predicted molar refractivity (Wildman–Crippen MR) is 86.4 cm³/mol. The fraction of sp³-hybridized carbons (Fsp3) is 0.294. The zero-order valence-corrected chi connectivity index (χ0v) is 12.6. The summed E-state index contributed by atoms with van der Waals surface area (Å²) >= 11 is 0. The van der Waals surface area contributed by atoms with Gasteiger partial charge in [-0.25, -0.2) is 0 Å². The third kappa shape index (κ3) is 5.10. The Morgan fingerprint density at radius 2 is 1.05 bits per heavy atom. The topological polar surface area (TPSA) is 42.5 Å². The fourth-order valence-electron chi connectivity index (χ4n) is 2.02. The third-order valence-electron chi connectivity index (χ3n) is 3.11. The Morgan fingerprint density at radius 3 is 1.38 bits per heavy atom. The molecule has 0 unspecified atom stereocenters. The lowest BCUT2D eigenvalue weighted by Crippen LogP contribution is -2.11. The van der Waals surface area contributed by atoms with E-state index in [1.54, 1.807) is 14.2 Å². The summed E-state index contributed by atoms with van der Waals surface area (Å²) in [5, 5.41) is 6.65. The molecule has 2 N–H and O–H groups in total. The van der Waals surface area contributed by atoms with Crippen molar-refractivity contribution in [2.45, 2.75) is 13.2 Å². The van der Waals surface area contributed by atoms with Gasteiger partial charge in [0, 0.05) is 25.6 Å². The number of hydrogen-bond acceptors (Lipinski definition) is 4. The van der Waals surface area contributed by atoms with Crippen LogP contribution in [0.4, 0.5) is 11.4 Å². The predicted octanol–water partition coefficient (Wildman–Crippen LogP) is 3.46. The maximum atomic E-state index is 5.09. The van der Waals surface area contributed by atoms with Crippen molar-refractivity contribution < 1.29 is 9.47 Å². The SMILES string of the molecule is COCc1ccc(NCNc2ccc(COC)cc2)cc1. The van der Waals surface area contributed by atoms with E-state index in [0.29, 0.717) is 19.9 Å². The normalized spacial score (nSPS) is 10.4. The van der Waals surface area contributed by atoms with Crippen LogP contribution in [0.15, 0.2) is 48.5 Å². The summed E-state index contributed by atoms with van der Waals surface area (Å²) in [5.41, 5.74) is 4.51. The molecule has 0 radical (unpaired) electrons. The zero-order valence-electron chi connectivity index (χ0n) is 12.6. The summed E-state index contributed by atoms with van der Waals surface area (Å²) in [6.07, 6.45) is 0. The second-order valence-corrected chi connectivity index (χ2v) is 4.79. The van der Waals surface area contributed by atoms with Crippen molar-refractivity contribution in [1.82, 2.24) is 0 Å². The Balaban J connectivity index is 1.78. The first kappa shape index (κ1) is 15.4. The van der Waals surface area contributed by atoms with Crippen molar-refractivity contribution in [2.24, 2.45) is 0 Å². The van der Waals surface area contributed by atoms with Crippen LogP contribution in [0.3, 0.4) is 0 Å². The van der Waals surface area contributed by atoms with Gasteiger partial charge in [0.1, 0.15) is 0 Å². The van der Waals surface area contributed by atoms with Crippen LogP contribution in [0.1, 0.15) is 11.1 Å². The van der Waals surface area contributed by atoms with E-state index >= 15 is 0 Å². The Labute approximate surface area is 126 Å². The molecular formula is C17H22N2O2. The van der Waals surface area contributed by atoms with E-state index in [1.165, 1.54) is 11.1 Å². The third-order valence-corrected chi connectivity index (χ3v) is 3.11. The first-order valence-electron chi connectivity index (χ1n) is 6.95. The molecule has 112 valence electrons. The lowest BCUT2D eigenvalue weighted by Gasteiger charge is -2.10. The van der Waals surface area contributed by atoms with Gasteiger partial charge >= 0.3 is 0 Å². The van der Waals surface area contributed by atoms with E-state index in [9.17, 15) is 0 Å². The molecule has 21 heavy (non-hydrogen) atoms. The minimum Gasteiger partial charge on any atom is -0.380 e. The minimum absolute atomic E-state index is 0.645. The Morgan fingerprint density at radius 1 is 0.667 bits per heavy atom. The van der Waals surface area contributed by atoms with E-state index in [4.69, 9.17) is 9.47 Å². The van der Waals surface area contributed by atoms with Crippen molar-refractivity contribution in [3.63, 3.8) is 0 Å². The van der Waals surface area contributed by atoms with Crippen LogP contribution >= 0.6 is 0 Å². The van der Waals surface area contributed by atoms with E-state index in [0.717, 1.165) is 11.4 Å². The molecule has 0 spiro atoms. The lowest BCUT2D eigenvalue weighted by atomic mass is 10.2. The molecule has 4 nitrogen and oxygen atoms in total. The average Bonchev–Trinajstić information content (AvgIpc) is 2.51. The fourth-order valence-corrected chi connectivity index (χ4v) is 2.02. The molecule has 0 saturated heterocycles. The molecule has 0 amide bonds. The molecule has 0 aliphatic rings. The molecule has 0 aromatic heterocycles. The van der Waals surface area contributed by atoms with Gasteiger partial charge in [0.2, 0.25) is 0 Å². The molecular weight excluding hydrogens is 264 g/mol. The standard InChI is InChI=1S/C17H22N2O2/c1-20-11-14-3-7-16(8-4-14)18-13-19-17-9-5-15(6-10-17)12-21-2/h3-10,18-19H,11-13H2,1-2H3. The van der Waals surface area contributed by atoms with Crippen LogP contribution < -0.4 is 10.6 Å². The molecule has 0 saturated carbocycles. The molecule has 0 fully saturated rings. The molecule has 0 aliphatic heterocycles. The highest BCUT2D eigenvalue weighted by Gasteiger charge is 1.96. The number of methoxy groups -OCH3 is 2. The Bertz CT molecular complexity index is 474. The Kier molecular flexibility index (Phi) is 6.06. The number of hydrogen-bond donors (Lipinski definition) is 2. The van der Waals surface area contributed by atoms with Crippen molar-refractivity contribution in [2.75, 3.05) is 31.5 Å². The quantitative estimate of drug-likeness (QED) is 0.729. The van der Waals surface area contributed by atoms with Crippen LogP contribution in [-0.4, -0.2) is 20.9 Å². The number of rotatable bonds is 8. The summed E-state index contributed by atoms with van der Waals surface area (Å²) < 4.78 is 10.2. The van der Waals surface area contributed by atoms with Gasteiger partial charge < -0.3 is 20.1 Å². The monoisotopic (exact) mass is 286 g/mol. The van der Waals surface area contributed by atoms with Crippen molar-refractivity contribution in [1.29, 1.82) is 0 Å². The minimum atomic E-state index is 0.645. The van der Waals surface area contributed by atoms with Gasteiger partial charge in [-0.1, -0.05) is 24.3 Å². The molecule has 0 atom stereocenters. The van der Waals surface area contributed by atoms with Gasteiger partial charge in [-0.2, -0.15) is 0 Å². The van der Waals surface area contributed by atoms with Crippen LogP contribution in [0.25, 0.3) is 0 Å². The second kappa shape index (κ2) is 8.29. The summed E-state index contributed by atoms with van der Waals surface area (Å²) in [4.78, 5) is 0. The summed E-state index contributed by atoms with van der Waals surface area (Å²) in [7, 11) is 3.40. The first-order valence-corrected chi connectivity index (χ1v) is 6.95. The maximum Gasteiger partial charge on any atom is 0.0849 e. The highest BCUT2D eigenvalue weighted by atomic mass is 16.5. The molecule has 2 aromatic carbocycles. The van der Waals surface area contributed by atoms with Gasteiger partial charge in [0.25, 0.3) is 0 Å². The number of benzene rings is 2. The van der Waals surface area contributed by atoms with Crippen molar-refractivity contribution in [3.05, 3.63) is 59.7 Å². The van der Waals surface area contributed by atoms with Crippen LogP contribution in [0.2, 0.25) is 0 Å². The van der Waals surface area contributed by atoms with Gasteiger partial charge in [-0.3, -0.25) is 0 Å². The molecule has 0 heterocycles. The van der Waals surface area contributed by atoms with Crippen LogP contribution in [0.5, 0.6) is 0 Å². The second-order valence-electron chi connectivity index (χ2n) is 4.79. The number of nitrogens with one attached hydrogen (secondary N) is 2. The van der Waals surface area contributed by atoms with E-state index in [-0.39, 0.29) is 0 Å². The molecule has 0 aliphatic carbocycles.